The summed E-state index contributed by atoms with van der Waals surface area (Å²) in [4.78, 5) is 3.73. The number of nitrogens with zero attached hydrogens (tertiary/aromatic N) is 3. The second-order valence-corrected chi connectivity index (χ2v) is 5.76. The van der Waals surface area contributed by atoms with Crippen molar-refractivity contribution >= 4 is 17.4 Å². The molecule has 0 bridgehead atoms. The number of hydrogen-bond acceptors (Lipinski definition) is 4. The Morgan fingerprint density at radius 2 is 1.92 bits per heavy atom. The lowest BCUT2D eigenvalue weighted by atomic mass is 10.3. The zero-order valence-corrected chi connectivity index (χ0v) is 14.3. The van der Waals surface area contributed by atoms with E-state index in [1.54, 1.807) is 24.1 Å². The lowest BCUT2D eigenvalue weighted by molar-refractivity contribution is -0.137. The molecule has 0 aliphatic heterocycles. The van der Waals surface area contributed by atoms with Crippen molar-refractivity contribution in [3.05, 3.63) is 65.1 Å². The van der Waals surface area contributed by atoms with Crippen LogP contribution in [-0.2, 0) is 12.7 Å². The number of methoxy groups -OCH3 is 1. The lowest BCUT2D eigenvalue weighted by Crippen LogP contribution is -2.08. The van der Waals surface area contributed by atoms with Crippen LogP contribution >= 0.6 is 11.6 Å². The average Bonchev–Trinajstić information content (AvgIpc) is 3.09. The molecule has 0 fully saturated rings. The number of aromatic nitrogens is 3. The van der Waals surface area contributed by atoms with Crippen molar-refractivity contribution in [3.63, 3.8) is 0 Å². The minimum atomic E-state index is -4.48. The molecule has 2 aromatic heterocycles. The van der Waals surface area contributed by atoms with Crippen molar-refractivity contribution in [2.24, 2.45) is 0 Å². The Morgan fingerprint density at radius 3 is 2.54 bits per heavy atom. The maximum Gasteiger partial charge on any atom is 0.417 e. The first kappa shape index (κ1) is 18.1. The van der Waals surface area contributed by atoms with E-state index in [0.29, 0.717) is 5.69 Å². The summed E-state index contributed by atoms with van der Waals surface area (Å²) in [5.41, 5.74) is 0.637. The molecule has 1 N–H and O–H groups in total. The van der Waals surface area contributed by atoms with E-state index in [2.05, 4.69) is 15.4 Å². The molecule has 2 heterocycles. The summed E-state index contributed by atoms with van der Waals surface area (Å²) in [6.45, 7) is 0.265. The van der Waals surface area contributed by atoms with Gasteiger partial charge in [-0.25, -0.2) is 9.67 Å². The topological polar surface area (TPSA) is 52.0 Å². The highest BCUT2D eigenvalue weighted by molar-refractivity contribution is 6.32. The Balaban J connectivity index is 1.68. The first-order chi connectivity index (χ1) is 12.4. The van der Waals surface area contributed by atoms with Crippen LogP contribution in [0.3, 0.4) is 0 Å². The highest BCUT2D eigenvalue weighted by Gasteiger charge is 2.31. The number of hydrogen-bond donors (Lipinski definition) is 1. The Kier molecular flexibility index (Phi) is 5.03. The Morgan fingerprint density at radius 1 is 1.19 bits per heavy atom. The number of pyridine rings is 1. The van der Waals surface area contributed by atoms with Crippen LogP contribution in [0, 0.1) is 0 Å². The second kappa shape index (κ2) is 7.25. The number of halogens is 4. The van der Waals surface area contributed by atoms with E-state index in [9.17, 15) is 13.2 Å². The van der Waals surface area contributed by atoms with Gasteiger partial charge < -0.3 is 10.1 Å². The van der Waals surface area contributed by atoms with E-state index in [1.165, 1.54) is 0 Å². The quantitative estimate of drug-likeness (QED) is 0.702. The summed E-state index contributed by atoms with van der Waals surface area (Å²) in [5, 5.41) is 7.18. The predicted molar refractivity (Wildman–Crippen MR) is 91.7 cm³/mol. The predicted octanol–water partition coefficient (Wildman–Crippen LogP) is 4.56. The molecule has 0 atom stereocenters. The molecule has 136 valence electrons. The van der Waals surface area contributed by atoms with E-state index in [-0.39, 0.29) is 17.4 Å². The monoisotopic (exact) mass is 382 g/mol. The van der Waals surface area contributed by atoms with Gasteiger partial charge in [-0.1, -0.05) is 11.6 Å². The van der Waals surface area contributed by atoms with E-state index in [4.69, 9.17) is 16.3 Å². The van der Waals surface area contributed by atoms with Gasteiger partial charge in [-0.05, 0) is 36.4 Å². The molecule has 9 heteroatoms. The van der Waals surface area contributed by atoms with Gasteiger partial charge in [0.2, 0.25) is 0 Å². The maximum absolute atomic E-state index is 12.6. The van der Waals surface area contributed by atoms with Crippen LogP contribution in [-0.4, -0.2) is 21.9 Å². The van der Waals surface area contributed by atoms with Gasteiger partial charge in [-0.3, -0.25) is 0 Å². The number of rotatable bonds is 5. The molecule has 3 aromatic rings. The number of benzene rings is 1. The van der Waals surface area contributed by atoms with Gasteiger partial charge in [0, 0.05) is 12.4 Å². The van der Waals surface area contributed by atoms with Crippen LogP contribution in [0.5, 0.6) is 5.75 Å². The van der Waals surface area contributed by atoms with Gasteiger partial charge in [-0.15, -0.1) is 0 Å². The Labute approximate surface area is 152 Å². The first-order valence-electron chi connectivity index (χ1n) is 7.52. The van der Waals surface area contributed by atoms with E-state index in [1.807, 2.05) is 24.3 Å². The smallest absolute Gasteiger partial charge is 0.417 e. The van der Waals surface area contributed by atoms with Crippen molar-refractivity contribution < 1.29 is 17.9 Å². The van der Waals surface area contributed by atoms with Crippen molar-refractivity contribution in [3.8, 4) is 11.4 Å². The van der Waals surface area contributed by atoms with Crippen LogP contribution in [0.25, 0.3) is 5.69 Å². The first-order valence-corrected chi connectivity index (χ1v) is 7.90. The normalized spacial score (nSPS) is 11.4. The van der Waals surface area contributed by atoms with E-state index in [0.717, 1.165) is 23.7 Å². The minimum absolute atomic E-state index is 0.102. The maximum atomic E-state index is 12.6. The van der Waals surface area contributed by atoms with Gasteiger partial charge in [0.25, 0.3) is 0 Å². The fraction of sp³-hybridized carbons (Fsp3) is 0.176. The molecule has 0 aliphatic rings. The molecule has 0 aliphatic carbocycles. The van der Waals surface area contributed by atoms with Crippen LogP contribution in [0.2, 0.25) is 5.02 Å². The number of nitrogens with one attached hydrogen (secondary N) is 1. The summed E-state index contributed by atoms with van der Waals surface area (Å²) in [5.74, 6) is 0.907. The summed E-state index contributed by atoms with van der Waals surface area (Å²) < 4.78 is 44.7. The molecule has 0 spiro atoms. The second-order valence-electron chi connectivity index (χ2n) is 5.36. The molecule has 0 unspecified atom stereocenters. The van der Waals surface area contributed by atoms with Gasteiger partial charge >= 0.3 is 6.18 Å². The lowest BCUT2D eigenvalue weighted by Gasteiger charge is -2.10. The van der Waals surface area contributed by atoms with Crippen molar-refractivity contribution in [1.82, 2.24) is 14.8 Å². The SMILES string of the molecule is COc1ccc(-n2ccc(CNc3ncc(C(F)(F)F)cc3Cl)n2)cc1. The molecule has 3 rings (SSSR count). The van der Waals surface area contributed by atoms with Crippen molar-refractivity contribution in [2.45, 2.75) is 12.7 Å². The van der Waals surface area contributed by atoms with Crippen LogP contribution in [0.15, 0.2) is 48.8 Å². The van der Waals surface area contributed by atoms with E-state index >= 15 is 0 Å². The van der Waals surface area contributed by atoms with Crippen LogP contribution in [0.4, 0.5) is 19.0 Å². The molecule has 0 amide bonds. The van der Waals surface area contributed by atoms with Gasteiger partial charge in [-0.2, -0.15) is 18.3 Å². The van der Waals surface area contributed by atoms with Gasteiger partial charge in [0.05, 0.1) is 35.6 Å². The molecule has 0 saturated carbocycles. The summed E-state index contributed by atoms with van der Waals surface area (Å²) in [7, 11) is 1.59. The molecular formula is C17H14ClF3N4O. The molecular weight excluding hydrogens is 369 g/mol. The molecule has 1 aromatic carbocycles. The summed E-state index contributed by atoms with van der Waals surface area (Å²) in [6, 6.07) is 9.98. The van der Waals surface area contributed by atoms with Crippen molar-refractivity contribution in [2.75, 3.05) is 12.4 Å². The number of anilines is 1. The standard InChI is InChI=1S/C17H14ClF3N4O/c1-26-14-4-2-13(3-5-14)25-7-6-12(24-25)10-23-16-15(18)8-11(9-22-16)17(19,20)21/h2-9H,10H2,1H3,(H,22,23). The molecule has 0 saturated heterocycles. The largest absolute Gasteiger partial charge is 0.497 e. The van der Waals surface area contributed by atoms with Crippen LogP contribution in [0.1, 0.15) is 11.3 Å². The zero-order chi connectivity index (χ0) is 18.7. The molecule has 5 nitrogen and oxygen atoms in total. The summed E-state index contributed by atoms with van der Waals surface area (Å²) >= 11 is 5.87. The third-order valence-corrected chi connectivity index (χ3v) is 3.87. The fourth-order valence-electron chi connectivity index (χ4n) is 2.23. The zero-order valence-electron chi connectivity index (χ0n) is 13.6. The third kappa shape index (κ3) is 4.08. The van der Waals surface area contributed by atoms with Gasteiger partial charge in [0.1, 0.15) is 11.6 Å². The fourth-order valence-corrected chi connectivity index (χ4v) is 2.47. The van der Waals surface area contributed by atoms with Gasteiger partial charge in [0.15, 0.2) is 0 Å². The third-order valence-electron chi connectivity index (χ3n) is 3.59. The van der Waals surface area contributed by atoms with E-state index < -0.39 is 11.7 Å². The minimum Gasteiger partial charge on any atom is -0.497 e. The Hall–Kier alpha value is -2.74. The van der Waals surface area contributed by atoms with Crippen LogP contribution < -0.4 is 10.1 Å². The summed E-state index contributed by atoms with van der Waals surface area (Å²) in [6.07, 6.45) is -1.96. The highest BCUT2D eigenvalue weighted by Crippen LogP contribution is 2.32. The Bertz CT molecular complexity index is 894. The molecule has 0 radical (unpaired) electrons. The molecule has 26 heavy (non-hydrogen) atoms. The number of ether oxygens (including phenoxy) is 1. The highest BCUT2D eigenvalue weighted by atomic mass is 35.5. The average molecular weight is 383 g/mol. The number of alkyl halides is 3. The van der Waals surface area contributed by atoms with Crippen molar-refractivity contribution in [1.29, 1.82) is 0 Å².